The van der Waals surface area contributed by atoms with Gasteiger partial charge in [-0.15, -0.1) is 0 Å². The quantitative estimate of drug-likeness (QED) is 0.684. The molecule has 0 aliphatic rings. The summed E-state index contributed by atoms with van der Waals surface area (Å²) in [5, 5.41) is 12.9. The van der Waals surface area contributed by atoms with Gasteiger partial charge in [-0.3, -0.25) is 0 Å². The lowest BCUT2D eigenvalue weighted by atomic mass is 10.0. The normalized spacial score (nSPS) is 14.1. The van der Waals surface area contributed by atoms with Gasteiger partial charge in [0.15, 0.2) is 0 Å². The number of thioether (sulfide) groups is 1. The van der Waals surface area contributed by atoms with Gasteiger partial charge in [-0.2, -0.15) is 11.8 Å². The molecule has 0 aliphatic carbocycles. The second kappa shape index (κ2) is 9.23. The molecule has 0 heterocycles. The van der Waals surface area contributed by atoms with E-state index < -0.39 is 0 Å². The van der Waals surface area contributed by atoms with Crippen molar-refractivity contribution in [3.8, 4) is 5.75 Å². The van der Waals surface area contributed by atoms with E-state index in [1.54, 1.807) is 7.11 Å². The van der Waals surface area contributed by atoms with Crippen molar-refractivity contribution in [2.24, 2.45) is 0 Å². The highest BCUT2D eigenvalue weighted by molar-refractivity contribution is 7.99. The minimum absolute atomic E-state index is 0.272. The van der Waals surface area contributed by atoms with Gasteiger partial charge in [-0.1, -0.05) is 26.0 Å². The Labute approximate surface area is 120 Å². The van der Waals surface area contributed by atoms with Crippen molar-refractivity contribution in [2.45, 2.75) is 31.6 Å². The van der Waals surface area contributed by atoms with E-state index in [0.29, 0.717) is 11.3 Å². The van der Waals surface area contributed by atoms with Crippen molar-refractivity contribution in [1.29, 1.82) is 0 Å². The molecule has 19 heavy (non-hydrogen) atoms. The van der Waals surface area contributed by atoms with Crippen LogP contribution in [0.2, 0.25) is 0 Å². The molecule has 0 aromatic heterocycles. The molecular weight excluding hydrogens is 258 g/mol. The smallest absolute Gasteiger partial charge is 0.118 e. The summed E-state index contributed by atoms with van der Waals surface area (Å²) >= 11 is 1.90. The molecule has 1 aromatic rings. The molecule has 0 radical (unpaired) electrons. The van der Waals surface area contributed by atoms with Crippen molar-refractivity contribution in [3.63, 3.8) is 0 Å². The number of hydrogen-bond donors (Lipinski definition) is 2. The van der Waals surface area contributed by atoms with Crippen LogP contribution in [0.15, 0.2) is 24.3 Å². The summed E-state index contributed by atoms with van der Waals surface area (Å²) in [5.41, 5.74) is 1.28. The Bertz CT molecular complexity index is 343. The number of ether oxygens (including phenoxy) is 1. The lowest BCUT2D eigenvalue weighted by molar-refractivity contribution is 0.296. The van der Waals surface area contributed by atoms with Gasteiger partial charge in [0.2, 0.25) is 0 Å². The number of rotatable bonds is 9. The number of nitrogens with one attached hydrogen (secondary N) is 1. The van der Waals surface area contributed by atoms with Crippen LogP contribution in [0.4, 0.5) is 0 Å². The van der Waals surface area contributed by atoms with Gasteiger partial charge in [0.1, 0.15) is 5.75 Å². The van der Waals surface area contributed by atoms with Crippen molar-refractivity contribution >= 4 is 11.8 Å². The third-order valence-electron chi connectivity index (χ3n) is 3.05. The molecule has 0 spiro atoms. The lowest BCUT2D eigenvalue weighted by Crippen LogP contribution is -2.28. The Morgan fingerprint density at radius 1 is 1.32 bits per heavy atom. The Hall–Kier alpha value is -0.710. The number of aliphatic hydroxyl groups excluding tert-OH is 1. The van der Waals surface area contributed by atoms with E-state index in [1.807, 2.05) is 23.9 Å². The molecule has 0 amide bonds. The second-order valence-electron chi connectivity index (χ2n) is 4.46. The van der Waals surface area contributed by atoms with Crippen molar-refractivity contribution < 1.29 is 9.84 Å². The molecule has 2 N–H and O–H groups in total. The van der Waals surface area contributed by atoms with Crippen LogP contribution in [0.5, 0.6) is 5.75 Å². The Balaban J connectivity index is 2.68. The standard InChI is InChI=1S/C15H25NO2S/c1-4-16-15(12(2)19-11-5-10-17)13-6-8-14(18-3)9-7-13/h6-9,12,15-17H,4-5,10-11H2,1-3H3. The van der Waals surface area contributed by atoms with Crippen LogP contribution in [0, 0.1) is 0 Å². The summed E-state index contributed by atoms with van der Waals surface area (Å²) in [4.78, 5) is 0. The monoisotopic (exact) mass is 283 g/mol. The van der Waals surface area contributed by atoms with Crippen molar-refractivity contribution in [2.75, 3.05) is 26.0 Å². The number of hydrogen-bond acceptors (Lipinski definition) is 4. The van der Waals surface area contributed by atoms with E-state index in [2.05, 4.69) is 31.3 Å². The summed E-state index contributed by atoms with van der Waals surface area (Å²) in [6.45, 7) is 5.58. The summed E-state index contributed by atoms with van der Waals surface area (Å²) in [6.07, 6.45) is 0.858. The second-order valence-corrected chi connectivity index (χ2v) is 5.95. The van der Waals surface area contributed by atoms with Crippen LogP contribution in [0.3, 0.4) is 0 Å². The first-order valence-corrected chi connectivity index (χ1v) is 7.87. The zero-order chi connectivity index (χ0) is 14.1. The fourth-order valence-corrected chi connectivity index (χ4v) is 3.13. The highest BCUT2D eigenvalue weighted by atomic mass is 32.2. The van der Waals surface area contributed by atoms with Crippen molar-refractivity contribution in [3.05, 3.63) is 29.8 Å². The summed E-state index contributed by atoms with van der Waals surface area (Å²) in [6, 6.07) is 8.58. The van der Waals surface area contributed by atoms with Gasteiger partial charge in [-0.25, -0.2) is 0 Å². The van der Waals surface area contributed by atoms with Gasteiger partial charge in [0.05, 0.1) is 7.11 Å². The van der Waals surface area contributed by atoms with Gasteiger partial charge >= 0.3 is 0 Å². The Kier molecular flexibility index (Phi) is 7.94. The van der Waals surface area contributed by atoms with E-state index in [9.17, 15) is 0 Å². The summed E-state index contributed by atoms with van der Waals surface area (Å²) in [7, 11) is 1.68. The molecule has 2 atom stereocenters. The minimum atomic E-state index is 0.272. The molecule has 1 aromatic carbocycles. The molecule has 3 nitrogen and oxygen atoms in total. The molecular formula is C15H25NO2S. The van der Waals surface area contributed by atoms with E-state index in [-0.39, 0.29) is 6.61 Å². The molecule has 0 saturated heterocycles. The average molecular weight is 283 g/mol. The summed E-state index contributed by atoms with van der Waals surface area (Å²) in [5.74, 6) is 1.88. The average Bonchev–Trinajstić information content (AvgIpc) is 2.45. The fraction of sp³-hybridized carbons (Fsp3) is 0.600. The topological polar surface area (TPSA) is 41.5 Å². The van der Waals surface area contributed by atoms with E-state index in [4.69, 9.17) is 9.84 Å². The number of aliphatic hydroxyl groups is 1. The number of methoxy groups -OCH3 is 1. The molecule has 108 valence electrons. The maximum atomic E-state index is 8.85. The van der Waals surface area contributed by atoms with Crippen LogP contribution in [0.1, 0.15) is 31.9 Å². The SMILES string of the molecule is CCNC(c1ccc(OC)cc1)C(C)SCCCO. The van der Waals surface area contributed by atoms with Crippen LogP contribution in [-0.2, 0) is 0 Å². The molecule has 4 heteroatoms. The van der Waals surface area contributed by atoms with Gasteiger partial charge in [0.25, 0.3) is 0 Å². The van der Waals surface area contributed by atoms with Crippen LogP contribution >= 0.6 is 11.8 Å². The van der Waals surface area contributed by atoms with E-state index >= 15 is 0 Å². The molecule has 0 saturated carbocycles. The third-order valence-corrected chi connectivity index (χ3v) is 4.37. The molecule has 0 bridgehead atoms. The zero-order valence-corrected chi connectivity index (χ0v) is 12.9. The highest BCUT2D eigenvalue weighted by Crippen LogP contribution is 2.28. The van der Waals surface area contributed by atoms with Gasteiger partial charge in [0, 0.05) is 17.9 Å². The first-order chi connectivity index (χ1) is 9.22. The van der Waals surface area contributed by atoms with Crippen LogP contribution in [-0.4, -0.2) is 36.4 Å². The third kappa shape index (κ3) is 5.43. The molecule has 0 fully saturated rings. The number of benzene rings is 1. The first kappa shape index (κ1) is 16.3. The minimum Gasteiger partial charge on any atom is -0.497 e. The molecule has 1 rings (SSSR count). The Morgan fingerprint density at radius 2 is 2.00 bits per heavy atom. The maximum absolute atomic E-state index is 8.85. The lowest BCUT2D eigenvalue weighted by Gasteiger charge is -2.25. The highest BCUT2D eigenvalue weighted by Gasteiger charge is 2.18. The fourth-order valence-electron chi connectivity index (χ4n) is 2.02. The zero-order valence-electron chi connectivity index (χ0n) is 12.1. The van der Waals surface area contributed by atoms with E-state index in [0.717, 1.165) is 24.5 Å². The van der Waals surface area contributed by atoms with Crippen molar-refractivity contribution in [1.82, 2.24) is 5.32 Å². The largest absolute Gasteiger partial charge is 0.497 e. The summed E-state index contributed by atoms with van der Waals surface area (Å²) < 4.78 is 5.20. The Morgan fingerprint density at radius 3 is 2.53 bits per heavy atom. The molecule has 2 unspecified atom stereocenters. The van der Waals surface area contributed by atoms with Gasteiger partial charge in [-0.05, 0) is 36.4 Å². The molecule has 0 aliphatic heterocycles. The predicted octanol–water partition coefficient (Wildman–Crippen LogP) is 2.85. The maximum Gasteiger partial charge on any atom is 0.118 e. The van der Waals surface area contributed by atoms with Crippen LogP contribution in [0.25, 0.3) is 0 Å². The predicted molar refractivity (Wildman–Crippen MR) is 83.0 cm³/mol. The van der Waals surface area contributed by atoms with Gasteiger partial charge < -0.3 is 15.2 Å². The first-order valence-electron chi connectivity index (χ1n) is 6.82. The van der Waals surface area contributed by atoms with E-state index in [1.165, 1.54) is 5.56 Å². The van der Waals surface area contributed by atoms with Crippen LogP contribution < -0.4 is 10.1 Å².